The summed E-state index contributed by atoms with van der Waals surface area (Å²) >= 11 is 1.62. The van der Waals surface area contributed by atoms with Crippen LogP contribution in [0.2, 0.25) is 0 Å². The summed E-state index contributed by atoms with van der Waals surface area (Å²) in [7, 11) is 0. The van der Waals surface area contributed by atoms with Crippen molar-refractivity contribution in [3.05, 3.63) is 58.4 Å². The number of hydrogen-bond acceptors (Lipinski definition) is 5. The van der Waals surface area contributed by atoms with E-state index in [-0.39, 0.29) is 6.61 Å². The lowest BCUT2D eigenvalue weighted by atomic mass is 10.1. The average Bonchev–Trinajstić information content (AvgIpc) is 3.30. The van der Waals surface area contributed by atoms with E-state index in [0.717, 1.165) is 21.3 Å². The third-order valence-electron chi connectivity index (χ3n) is 4.25. The molecule has 3 rings (SSSR count). The third kappa shape index (κ3) is 6.09. The number of ether oxygens (including phenoxy) is 2. The summed E-state index contributed by atoms with van der Waals surface area (Å²) in [6.07, 6.45) is 2.17. The first-order valence-electron chi connectivity index (χ1n) is 9.55. The minimum absolute atomic E-state index is 0.264. The highest BCUT2D eigenvalue weighted by Gasteiger charge is 2.26. The van der Waals surface area contributed by atoms with Crippen molar-refractivity contribution in [3.63, 3.8) is 0 Å². The van der Waals surface area contributed by atoms with Gasteiger partial charge in [-0.3, -0.25) is 0 Å². The maximum Gasteiger partial charge on any atom is 0.408 e. The second-order valence-electron chi connectivity index (χ2n) is 7.76. The molecule has 0 unspecified atom stereocenters. The fourth-order valence-corrected chi connectivity index (χ4v) is 3.66. The molecule has 0 spiro atoms. The predicted molar refractivity (Wildman–Crippen MR) is 114 cm³/mol. The van der Waals surface area contributed by atoms with Crippen molar-refractivity contribution in [2.45, 2.75) is 45.3 Å². The number of rotatable bonds is 7. The van der Waals surface area contributed by atoms with Crippen molar-refractivity contribution >= 4 is 34.3 Å². The van der Waals surface area contributed by atoms with Crippen molar-refractivity contribution in [2.24, 2.45) is 0 Å². The van der Waals surface area contributed by atoms with E-state index in [9.17, 15) is 9.59 Å². The van der Waals surface area contributed by atoms with Gasteiger partial charge in [0.05, 0.1) is 6.61 Å². The molecule has 154 valence electrons. The third-order valence-corrected chi connectivity index (χ3v) is 5.18. The summed E-state index contributed by atoms with van der Waals surface area (Å²) in [5.74, 6) is -0.474. The number of amides is 1. The van der Waals surface area contributed by atoms with E-state index in [2.05, 4.69) is 10.3 Å². The number of para-hydroxylation sites is 1. The molecular weight excluding hydrogens is 388 g/mol. The molecule has 0 bridgehead atoms. The first-order chi connectivity index (χ1) is 13.8. The molecule has 0 aliphatic rings. The van der Waals surface area contributed by atoms with Gasteiger partial charge in [0.25, 0.3) is 0 Å². The molecule has 29 heavy (non-hydrogen) atoms. The minimum atomic E-state index is -0.840. The number of aromatic nitrogens is 1. The van der Waals surface area contributed by atoms with Gasteiger partial charge in [-0.05, 0) is 43.8 Å². The Balaban J connectivity index is 1.69. The van der Waals surface area contributed by atoms with Crippen LogP contribution in [0, 0.1) is 0 Å². The zero-order chi connectivity index (χ0) is 20.9. The Bertz CT molecular complexity index is 957. The average molecular weight is 415 g/mol. The van der Waals surface area contributed by atoms with E-state index in [1.807, 2.05) is 48.0 Å². The molecule has 0 saturated carbocycles. The lowest BCUT2D eigenvalue weighted by molar-refractivity contribution is -0.146. The second kappa shape index (κ2) is 9.13. The Hall–Kier alpha value is -2.80. The molecule has 3 aromatic rings. The number of esters is 1. The standard InChI is InChI=1S/C22H26N2O4S/c1-22(2,3)28-21(26)24-19(20(25)27-11-10-16-7-6-12-29-16)13-15-14-23-18-9-5-4-8-17(15)18/h4-9,12,14,19,23H,10-11,13H2,1-3H3,(H,24,26)/t19-/m0/s1. The molecule has 0 radical (unpaired) electrons. The number of hydrogen-bond donors (Lipinski definition) is 2. The predicted octanol–water partition coefficient (Wildman–Crippen LogP) is 4.45. The monoisotopic (exact) mass is 414 g/mol. The van der Waals surface area contributed by atoms with Crippen LogP contribution >= 0.6 is 11.3 Å². The number of nitrogens with one attached hydrogen (secondary N) is 2. The first-order valence-corrected chi connectivity index (χ1v) is 10.4. The van der Waals surface area contributed by atoms with Gasteiger partial charge in [-0.2, -0.15) is 0 Å². The van der Waals surface area contributed by atoms with Crippen LogP contribution < -0.4 is 5.32 Å². The highest BCUT2D eigenvalue weighted by molar-refractivity contribution is 7.09. The van der Waals surface area contributed by atoms with Crippen LogP contribution in [-0.4, -0.2) is 35.3 Å². The van der Waals surface area contributed by atoms with Gasteiger partial charge < -0.3 is 19.8 Å². The van der Waals surface area contributed by atoms with Crippen molar-refractivity contribution in [3.8, 4) is 0 Å². The summed E-state index contributed by atoms with van der Waals surface area (Å²) in [4.78, 5) is 29.4. The van der Waals surface area contributed by atoms with E-state index in [1.54, 1.807) is 32.1 Å². The van der Waals surface area contributed by atoms with E-state index >= 15 is 0 Å². The Morgan fingerprint density at radius 2 is 1.97 bits per heavy atom. The number of thiophene rings is 1. The summed E-state index contributed by atoms with van der Waals surface area (Å²) in [6, 6.07) is 11.0. The fraction of sp³-hybridized carbons (Fsp3) is 0.364. The summed E-state index contributed by atoms with van der Waals surface area (Å²) in [5.41, 5.74) is 1.25. The van der Waals surface area contributed by atoms with Crippen LogP contribution in [0.5, 0.6) is 0 Å². The van der Waals surface area contributed by atoms with E-state index in [4.69, 9.17) is 9.47 Å². The molecule has 0 aliphatic carbocycles. The van der Waals surface area contributed by atoms with Gasteiger partial charge in [0, 0.05) is 34.8 Å². The van der Waals surface area contributed by atoms with Crippen molar-refractivity contribution < 1.29 is 19.1 Å². The molecule has 6 nitrogen and oxygen atoms in total. The summed E-state index contributed by atoms with van der Waals surface area (Å²) in [5, 5.41) is 5.67. The zero-order valence-corrected chi connectivity index (χ0v) is 17.7. The number of benzene rings is 1. The Labute approximate surface area is 174 Å². The molecule has 1 atom stereocenters. The number of alkyl carbamates (subject to hydrolysis) is 1. The number of fused-ring (bicyclic) bond motifs is 1. The van der Waals surface area contributed by atoms with Crippen LogP contribution in [0.1, 0.15) is 31.2 Å². The van der Waals surface area contributed by atoms with E-state index in [0.29, 0.717) is 12.8 Å². The van der Waals surface area contributed by atoms with E-state index < -0.39 is 23.7 Å². The molecule has 1 amide bonds. The lowest BCUT2D eigenvalue weighted by Gasteiger charge is -2.23. The number of carbonyl (C=O) groups excluding carboxylic acids is 2. The van der Waals surface area contributed by atoms with Gasteiger partial charge in [-0.15, -0.1) is 11.3 Å². The Morgan fingerprint density at radius 3 is 2.69 bits per heavy atom. The molecule has 0 aliphatic heterocycles. The summed E-state index contributed by atoms with van der Waals surface area (Å²) in [6.45, 7) is 5.60. The van der Waals surface area contributed by atoms with Gasteiger partial charge in [0.2, 0.25) is 0 Å². The molecule has 2 heterocycles. The SMILES string of the molecule is CC(C)(C)OC(=O)N[C@@H](Cc1c[nH]c2ccccc12)C(=O)OCCc1cccs1. The maximum atomic E-state index is 12.7. The van der Waals surface area contributed by atoms with Gasteiger partial charge >= 0.3 is 12.1 Å². The van der Waals surface area contributed by atoms with Gasteiger partial charge in [-0.1, -0.05) is 24.3 Å². The van der Waals surface area contributed by atoms with Crippen molar-refractivity contribution in [1.82, 2.24) is 10.3 Å². The van der Waals surface area contributed by atoms with E-state index in [1.165, 1.54) is 0 Å². The molecule has 0 fully saturated rings. The number of carbonyl (C=O) groups is 2. The van der Waals surface area contributed by atoms with Gasteiger partial charge in [0.1, 0.15) is 11.6 Å². The molecule has 7 heteroatoms. The normalized spacial score (nSPS) is 12.5. The highest BCUT2D eigenvalue weighted by atomic mass is 32.1. The Kier molecular flexibility index (Phi) is 6.59. The maximum absolute atomic E-state index is 12.7. The Morgan fingerprint density at radius 1 is 1.17 bits per heavy atom. The smallest absolute Gasteiger partial charge is 0.408 e. The first kappa shape index (κ1) is 20.9. The largest absolute Gasteiger partial charge is 0.464 e. The highest BCUT2D eigenvalue weighted by Crippen LogP contribution is 2.20. The zero-order valence-electron chi connectivity index (χ0n) is 16.9. The number of H-pyrrole nitrogens is 1. The molecule has 1 aromatic carbocycles. The van der Waals surface area contributed by atoms with Crippen LogP contribution in [0.25, 0.3) is 10.9 Å². The molecule has 2 N–H and O–H groups in total. The van der Waals surface area contributed by atoms with Crippen molar-refractivity contribution in [2.75, 3.05) is 6.61 Å². The molecular formula is C22H26N2O4S. The topological polar surface area (TPSA) is 80.4 Å². The second-order valence-corrected chi connectivity index (χ2v) is 8.79. The van der Waals surface area contributed by atoms with Crippen LogP contribution in [0.3, 0.4) is 0 Å². The number of aromatic amines is 1. The van der Waals surface area contributed by atoms with Crippen LogP contribution in [0.15, 0.2) is 48.0 Å². The summed E-state index contributed by atoms with van der Waals surface area (Å²) < 4.78 is 10.8. The quantitative estimate of drug-likeness (QED) is 0.560. The fourth-order valence-electron chi connectivity index (χ4n) is 2.97. The van der Waals surface area contributed by atoms with Crippen LogP contribution in [-0.2, 0) is 27.1 Å². The molecule has 2 aromatic heterocycles. The lowest BCUT2D eigenvalue weighted by Crippen LogP contribution is -2.45. The van der Waals surface area contributed by atoms with Crippen molar-refractivity contribution in [1.29, 1.82) is 0 Å². The minimum Gasteiger partial charge on any atom is -0.464 e. The molecule has 0 saturated heterocycles. The van der Waals surface area contributed by atoms with Crippen LogP contribution in [0.4, 0.5) is 4.79 Å². The van der Waals surface area contributed by atoms with Gasteiger partial charge in [0.15, 0.2) is 0 Å². The van der Waals surface area contributed by atoms with Gasteiger partial charge in [-0.25, -0.2) is 9.59 Å².